The highest BCUT2D eigenvalue weighted by molar-refractivity contribution is 5.81. The van der Waals surface area contributed by atoms with Crippen molar-refractivity contribution in [2.24, 2.45) is 0 Å². The van der Waals surface area contributed by atoms with Gasteiger partial charge in [-0.1, -0.05) is 19.3 Å². The highest BCUT2D eigenvalue weighted by Crippen LogP contribution is 2.20. The number of amides is 1. The van der Waals surface area contributed by atoms with Gasteiger partial charge in [-0.2, -0.15) is 0 Å². The average Bonchev–Trinajstić information content (AvgIpc) is 2.38. The summed E-state index contributed by atoms with van der Waals surface area (Å²) >= 11 is 0. The van der Waals surface area contributed by atoms with E-state index in [-0.39, 0.29) is 18.5 Å². The quantitative estimate of drug-likeness (QED) is 0.893. The molecule has 2 N–H and O–H groups in total. The van der Waals surface area contributed by atoms with E-state index in [1.165, 1.54) is 6.42 Å². The van der Waals surface area contributed by atoms with Gasteiger partial charge >= 0.3 is 0 Å². The molecule has 2 rings (SSSR count). The first-order chi connectivity index (χ1) is 9.56. The molecule has 1 fully saturated rings. The SMILES string of the molecule is O=C(CNc1c(F)cc(F)cc1F)NC1CCCCC1. The van der Waals surface area contributed by atoms with E-state index < -0.39 is 23.1 Å². The van der Waals surface area contributed by atoms with Crippen LogP contribution in [0.25, 0.3) is 0 Å². The van der Waals surface area contributed by atoms with Crippen molar-refractivity contribution < 1.29 is 18.0 Å². The molecule has 3 nitrogen and oxygen atoms in total. The Morgan fingerprint density at radius 1 is 1.10 bits per heavy atom. The van der Waals surface area contributed by atoms with Gasteiger partial charge in [-0.25, -0.2) is 13.2 Å². The summed E-state index contributed by atoms with van der Waals surface area (Å²) < 4.78 is 39.4. The standard InChI is InChI=1S/C14H17F3N2O/c15-9-6-11(16)14(12(17)7-9)18-8-13(20)19-10-4-2-1-3-5-10/h6-7,10,18H,1-5,8H2,(H,19,20). The fourth-order valence-corrected chi connectivity index (χ4v) is 2.41. The summed E-state index contributed by atoms with van der Waals surface area (Å²) in [6, 6.07) is 1.29. The number of rotatable bonds is 4. The molecule has 0 radical (unpaired) electrons. The first-order valence-electron chi connectivity index (χ1n) is 6.74. The minimum absolute atomic E-state index is 0.140. The number of hydrogen-bond donors (Lipinski definition) is 2. The molecule has 0 heterocycles. The lowest BCUT2D eigenvalue weighted by Gasteiger charge is -2.22. The molecule has 0 saturated heterocycles. The van der Waals surface area contributed by atoms with Crippen molar-refractivity contribution in [2.45, 2.75) is 38.1 Å². The summed E-state index contributed by atoms with van der Waals surface area (Å²) in [4.78, 5) is 11.7. The van der Waals surface area contributed by atoms with Crippen LogP contribution < -0.4 is 10.6 Å². The zero-order valence-corrected chi connectivity index (χ0v) is 11.0. The minimum Gasteiger partial charge on any atom is -0.371 e. The van der Waals surface area contributed by atoms with Crippen LogP contribution in [0.1, 0.15) is 32.1 Å². The third-order valence-electron chi connectivity index (χ3n) is 3.40. The Hall–Kier alpha value is -1.72. The van der Waals surface area contributed by atoms with E-state index in [1.807, 2.05) is 0 Å². The van der Waals surface area contributed by atoms with E-state index in [1.54, 1.807) is 0 Å². The molecule has 0 bridgehead atoms. The summed E-state index contributed by atoms with van der Waals surface area (Å²) in [5.74, 6) is -3.40. The number of benzene rings is 1. The lowest BCUT2D eigenvalue weighted by molar-refractivity contribution is -0.120. The summed E-state index contributed by atoms with van der Waals surface area (Å²) in [6.45, 7) is -0.240. The monoisotopic (exact) mass is 286 g/mol. The second kappa shape index (κ2) is 6.63. The lowest BCUT2D eigenvalue weighted by atomic mass is 9.95. The predicted molar refractivity (Wildman–Crippen MR) is 69.8 cm³/mol. The Morgan fingerprint density at radius 3 is 2.30 bits per heavy atom. The Balaban J connectivity index is 1.87. The third kappa shape index (κ3) is 3.88. The second-order valence-corrected chi connectivity index (χ2v) is 5.00. The van der Waals surface area contributed by atoms with Gasteiger partial charge in [-0.15, -0.1) is 0 Å². The van der Waals surface area contributed by atoms with Gasteiger partial charge in [0.25, 0.3) is 0 Å². The normalized spacial score (nSPS) is 15.9. The topological polar surface area (TPSA) is 41.1 Å². The number of carbonyl (C=O) groups is 1. The lowest BCUT2D eigenvalue weighted by Crippen LogP contribution is -2.39. The Bertz CT molecular complexity index is 464. The van der Waals surface area contributed by atoms with Crippen LogP contribution in [-0.2, 0) is 4.79 Å². The van der Waals surface area contributed by atoms with Crippen molar-refractivity contribution in [1.29, 1.82) is 0 Å². The van der Waals surface area contributed by atoms with Crippen LogP contribution in [0.15, 0.2) is 12.1 Å². The van der Waals surface area contributed by atoms with E-state index in [2.05, 4.69) is 10.6 Å². The highest BCUT2D eigenvalue weighted by Gasteiger charge is 2.17. The molecule has 1 aliphatic carbocycles. The van der Waals surface area contributed by atoms with Gasteiger partial charge in [0, 0.05) is 18.2 Å². The zero-order valence-electron chi connectivity index (χ0n) is 11.0. The summed E-state index contributed by atoms with van der Waals surface area (Å²) in [5.41, 5.74) is -0.481. The molecular weight excluding hydrogens is 269 g/mol. The van der Waals surface area contributed by atoms with E-state index in [9.17, 15) is 18.0 Å². The molecule has 0 atom stereocenters. The van der Waals surface area contributed by atoms with Gasteiger partial charge in [0.2, 0.25) is 5.91 Å². The molecule has 0 aromatic heterocycles. The minimum atomic E-state index is -1.05. The molecule has 1 amide bonds. The van der Waals surface area contributed by atoms with E-state index in [0.29, 0.717) is 12.1 Å². The van der Waals surface area contributed by atoms with Crippen LogP contribution in [0, 0.1) is 17.5 Å². The van der Waals surface area contributed by atoms with Crippen LogP contribution in [0.4, 0.5) is 18.9 Å². The maximum Gasteiger partial charge on any atom is 0.239 e. The summed E-state index contributed by atoms with van der Waals surface area (Å²) in [5, 5.41) is 5.19. The van der Waals surface area contributed by atoms with Crippen LogP contribution in [-0.4, -0.2) is 18.5 Å². The Labute approximate surface area is 115 Å². The molecule has 1 aromatic rings. The maximum absolute atomic E-state index is 13.3. The van der Waals surface area contributed by atoms with Gasteiger partial charge in [-0.3, -0.25) is 4.79 Å². The molecule has 1 saturated carbocycles. The number of nitrogens with one attached hydrogen (secondary N) is 2. The molecular formula is C14H17F3N2O. The molecule has 6 heteroatoms. The maximum atomic E-state index is 13.3. The molecule has 1 aliphatic rings. The van der Waals surface area contributed by atoms with Gasteiger partial charge in [0.15, 0.2) is 11.6 Å². The van der Waals surface area contributed by atoms with Gasteiger partial charge < -0.3 is 10.6 Å². The molecule has 0 aliphatic heterocycles. The first kappa shape index (κ1) is 14.7. The second-order valence-electron chi connectivity index (χ2n) is 5.00. The van der Waals surface area contributed by atoms with Crippen molar-refractivity contribution in [3.63, 3.8) is 0 Å². The van der Waals surface area contributed by atoms with E-state index in [4.69, 9.17) is 0 Å². The van der Waals surface area contributed by atoms with Crippen molar-refractivity contribution in [3.05, 3.63) is 29.6 Å². The van der Waals surface area contributed by atoms with Crippen LogP contribution >= 0.6 is 0 Å². The van der Waals surface area contributed by atoms with Gasteiger partial charge in [0.05, 0.1) is 6.54 Å². The van der Waals surface area contributed by atoms with Crippen LogP contribution in [0.2, 0.25) is 0 Å². The fraction of sp³-hybridized carbons (Fsp3) is 0.500. The average molecular weight is 286 g/mol. The molecule has 0 spiro atoms. The Kier molecular flexibility index (Phi) is 4.87. The van der Waals surface area contributed by atoms with Gasteiger partial charge in [0.1, 0.15) is 11.5 Å². The van der Waals surface area contributed by atoms with E-state index >= 15 is 0 Å². The highest BCUT2D eigenvalue weighted by atomic mass is 19.1. The van der Waals surface area contributed by atoms with Crippen molar-refractivity contribution in [2.75, 3.05) is 11.9 Å². The number of halogens is 3. The number of carbonyl (C=O) groups excluding carboxylic acids is 1. The van der Waals surface area contributed by atoms with Crippen LogP contribution in [0.5, 0.6) is 0 Å². The first-order valence-corrected chi connectivity index (χ1v) is 6.74. The summed E-state index contributed by atoms with van der Waals surface area (Å²) in [6.07, 6.45) is 5.21. The van der Waals surface area contributed by atoms with Crippen molar-refractivity contribution >= 4 is 11.6 Å². The molecule has 1 aromatic carbocycles. The fourth-order valence-electron chi connectivity index (χ4n) is 2.41. The smallest absolute Gasteiger partial charge is 0.239 e. The van der Waals surface area contributed by atoms with Crippen molar-refractivity contribution in [3.8, 4) is 0 Å². The number of hydrogen-bond acceptors (Lipinski definition) is 2. The molecule has 20 heavy (non-hydrogen) atoms. The predicted octanol–water partition coefficient (Wildman–Crippen LogP) is 2.96. The van der Waals surface area contributed by atoms with E-state index in [0.717, 1.165) is 25.7 Å². The molecule has 0 unspecified atom stereocenters. The largest absolute Gasteiger partial charge is 0.371 e. The Morgan fingerprint density at radius 2 is 1.70 bits per heavy atom. The van der Waals surface area contributed by atoms with Gasteiger partial charge in [-0.05, 0) is 12.8 Å². The van der Waals surface area contributed by atoms with Crippen LogP contribution in [0.3, 0.4) is 0 Å². The third-order valence-corrected chi connectivity index (χ3v) is 3.40. The zero-order chi connectivity index (χ0) is 14.5. The molecule has 110 valence electrons. The van der Waals surface area contributed by atoms with Crippen molar-refractivity contribution in [1.82, 2.24) is 5.32 Å². The number of anilines is 1. The summed E-state index contributed by atoms with van der Waals surface area (Å²) in [7, 11) is 0.